The van der Waals surface area contributed by atoms with Gasteiger partial charge in [-0.15, -0.1) is 0 Å². The first-order valence-corrected chi connectivity index (χ1v) is 9.88. The van der Waals surface area contributed by atoms with E-state index in [-0.39, 0.29) is 17.3 Å². The summed E-state index contributed by atoms with van der Waals surface area (Å²) in [7, 11) is 0.499. The molecule has 2 aromatic rings. The molecule has 1 amide bonds. The normalized spacial score (nSPS) is 17.1. The summed E-state index contributed by atoms with van der Waals surface area (Å²) in [5.74, 6) is 0.407. The molecule has 144 valence electrons. The highest BCUT2D eigenvalue weighted by Crippen LogP contribution is 2.34. The molecule has 0 saturated heterocycles. The fourth-order valence-corrected chi connectivity index (χ4v) is 4.84. The molecule has 7 nitrogen and oxygen atoms in total. The molecule has 1 N–H and O–H groups in total. The predicted molar refractivity (Wildman–Crippen MR) is 100 cm³/mol. The van der Waals surface area contributed by atoms with Gasteiger partial charge in [-0.25, -0.2) is 8.42 Å². The number of fused-ring (bicyclic) bond motifs is 1. The lowest BCUT2D eigenvalue weighted by Gasteiger charge is -2.34. The lowest BCUT2D eigenvalue weighted by molar-refractivity contribution is -0.124. The van der Waals surface area contributed by atoms with Crippen LogP contribution in [0.5, 0.6) is 11.5 Å². The Bertz CT molecular complexity index is 958. The Morgan fingerprint density at radius 2 is 1.74 bits per heavy atom. The zero-order valence-corrected chi connectivity index (χ0v) is 16.2. The second-order valence-corrected chi connectivity index (χ2v) is 8.06. The monoisotopic (exact) mass is 390 g/mol. The first-order chi connectivity index (χ1) is 12.9. The zero-order chi connectivity index (χ0) is 19.6. The van der Waals surface area contributed by atoms with E-state index in [1.807, 2.05) is 24.3 Å². The average molecular weight is 390 g/mol. The van der Waals surface area contributed by atoms with E-state index in [2.05, 4.69) is 5.32 Å². The maximum absolute atomic E-state index is 13.3. The molecular weight excluding hydrogens is 368 g/mol. The highest BCUT2D eigenvalue weighted by Gasteiger charge is 2.39. The average Bonchev–Trinajstić information content (AvgIpc) is 2.71. The van der Waals surface area contributed by atoms with Gasteiger partial charge in [0.2, 0.25) is 15.9 Å². The predicted octanol–water partition coefficient (Wildman–Crippen LogP) is 1.57. The highest BCUT2D eigenvalue weighted by atomic mass is 32.2. The Hall–Kier alpha value is -2.58. The minimum Gasteiger partial charge on any atom is -0.493 e. The molecular formula is C19H22N2O5S. The SMILES string of the molecule is CNC(=O)[C@@H]1Cc2ccccc2CN1S(=O)(=O)c1ccc(OC)c(OC)c1. The third kappa shape index (κ3) is 3.50. The Morgan fingerprint density at radius 3 is 2.37 bits per heavy atom. The van der Waals surface area contributed by atoms with Crippen LogP contribution in [0.25, 0.3) is 0 Å². The summed E-state index contributed by atoms with van der Waals surface area (Å²) >= 11 is 0. The minimum absolute atomic E-state index is 0.0495. The van der Waals surface area contributed by atoms with Gasteiger partial charge in [0, 0.05) is 19.7 Å². The first-order valence-electron chi connectivity index (χ1n) is 8.44. The molecule has 0 aromatic heterocycles. The van der Waals surface area contributed by atoms with Gasteiger partial charge in [-0.3, -0.25) is 4.79 Å². The van der Waals surface area contributed by atoms with E-state index < -0.39 is 16.1 Å². The molecule has 1 aliphatic heterocycles. The van der Waals surface area contributed by atoms with Crippen molar-refractivity contribution < 1.29 is 22.7 Å². The van der Waals surface area contributed by atoms with Gasteiger partial charge in [0.25, 0.3) is 0 Å². The van der Waals surface area contributed by atoms with Crippen LogP contribution in [0.4, 0.5) is 0 Å². The maximum Gasteiger partial charge on any atom is 0.244 e. The largest absolute Gasteiger partial charge is 0.493 e. The van der Waals surface area contributed by atoms with E-state index in [4.69, 9.17) is 9.47 Å². The third-order valence-corrected chi connectivity index (χ3v) is 6.57. The van der Waals surface area contributed by atoms with Crippen LogP contribution in [-0.2, 0) is 27.8 Å². The second-order valence-electron chi connectivity index (χ2n) is 6.17. The fourth-order valence-electron chi connectivity index (χ4n) is 3.25. The van der Waals surface area contributed by atoms with Crippen molar-refractivity contribution in [1.82, 2.24) is 9.62 Å². The first kappa shape index (κ1) is 19.2. The van der Waals surface area contributed by atoms with E-state index in [9.17, 15) is 13.2 Å². The number of sulfonamides is 1. The number of hydrogen-bond donors (Lipinski definition) is 1. The smallest absolute Gasteiger partial charge is 0.244 e. The van der Waals surface area contributed by atoms with E-state index in [1.54, 1.807) is 6.07 Å². The van der Waals surface area contributed by atoms with Crippen molar-refractivity contribution in [2.75, 3.05) is 21.3 Å². The van der Waals surface area contributed by atoms with Crippen molar-refractivity contribution >= 4 is 15.9 Å². The summed E-state index contributed by atoms with van der Waals surface area (Å²) in [4.78, 5) is 12.5. The van der Waals surface area contributed by atoms with Crippen LogP contribution in [0.2, 0.25) is 0 Å². The highest BCUT2D eigenvalue weighted by molar-refractivity contribution is 7.89. The number of carbonyl (C=O) groups is 1. The molecule has 0 saturated carbocycles. The summed E-state index contributed by atoms with van der Waals surface area (Å²) in [6.45, 7) is 0.130. The van der Waals surface area contributed by atoms with Crippen molar-refractivity contribution in [3.05, 3.63) is 53.6 Å². The van der Waals surface area contributed by atoms with Crippen LogP contribution in [0.3, 0.4) is 0 Å². The summed E-state index contributed by atoms with van der Waals surface area (Å²) in [5.41, 5.74) is 1.87. The van der Waals surface area contributed by atoms with Gasteiger partial charge in [-0.2, -0.15) is 4.31 Å². The molecule has 0 spiro atoms. The zero-order valence-electron chi connectivity index (χ0n) is 15.4. The molecule has 3 rings (SSSR count). The van der Waals surface area contributed by atoms with E-state index >= 15 is 0 Å². The topological polar surface area (TPSA) is 84.9 Å². The van der Waals surface area contributed by atoms with Crippen LogP contribution >= 0.6 is 0 Å². The number of nitrogens with one attached hydrogen (secondary N) is 1. The number of likely N-dealkylation sites (N-methyl/N-ethyl adjacent to an activating group) is 1. The van der Waals surface area contributed by atoms with Gasteiger partial charge < -0.3 is 14.8 Å². The van der Waals surface area contributed by atoms with Crippen molar-refractivity contribution in [1.29, 1.82) is 0 Å². The van der Waals surface area contributed by atoms with E-state index in [1.165, 1.54) is 37.7 Å². The molecule has 2 aromatic carbocycles. The summed E-state index contributed by atoms with van der Waals surface area (Å²) in [6.07, 6.45) is 0.322. The Kier molecular flexibility index (Phi) is 5.38. The quantitative estimate of drug-likeness (QED) is 0.838. The van der Waals surface area contributed by atoms with Gasteiger partial charge in [0.05, 0.1) is 19.1 Å². The standard InChI is InChI=1S/C19H22N2O5S/c1-20-19(22)16-10-13-6-4-5-7-14(13)12-21(16)27(23,24)15-8-9-17(25-2)18(11-15)26-3/h4-9,11,16H,10,12H2,1-3H3,(H,20,22)/t16-/m0/s1. The number of hydrogen-bond acceptors (Lipinski definition) is 5. The van der Waals surface area contributed by atoms with Gasteiger partial charge in [0.1, 0.15) is 6.04 Å². The number of rotatable bonds is 5. The lowest BCUT2D eigenvalue weighted by atomic mass is 9.95. The number of methoxy groups -OCH3 is 2. The molecule has 0 bridgehead atoms. The van der Waals surface area contributed by atoms with Crippen molar-refractivity contribution in [3.63, 3.8) is 0 Å². The lowest BCUT2D eigenvalue weighted by Crippen LogP contribution is -2.51. The van der Waals surface area contributed by atoms with Crippen LogP contribution < -0.4 is 14.8 Å². The Morgan fingerprint density at radius 1 is 1.07 bits per heavy atom. The molecule has 1 aliphatic rings. The molecule has 0 fully saturated rings. The summed E-state index contributed by atoms with van der Waals surface area (Å²) < 4.78 is 38.3. The summed E-state index contributed by atoms with van der Waals surface area (Å²) in [5, 5.41) is 2.57. The molecule has 0 radical (unpaired) electrons. The number of nitrogens with zero attached hydrogens (tertiary/aromatic N) is 1. The van der Waals surface area contributed by atoms with Crippen LogP contribution in [-0.4, -0.2) is 45.9 Å². The van der Waals surface area contributed by atoms with Crippen LogP contribution in [0, 0.1) is 0 Å². The van der Waals surface area contributed by atoms with Crippen molar-refractivity contribution in [2.24, 2.45) is 0 Å². The number of benzene rings is 2. The Balaban J connectivity index is 2.07. The van der Waals surface area contributed by atoms with E-state index in [0.29, 0.717) is 17.9 Å². The number of amides is 1. The molecule has 8 heteroatoms. The molecule has 1 atom stereocenters. The van der Waals surface area contributed by atoms with Crippen molar-refractivity contribution in [3.8, 4) is 11.5 Å². The molecule has 0 aliphatic carbocycles. The van der Waals surface area contributed by atoms with Gasteiger partial charge >= 0.3 is 0 Å². The molecule has 0 unspecified atom stereocenters. The summed E-state index contributed by atoms with van der Waals surface area (Å²) in [6, 6.07) is 11.1. The third-order valence-electron chi connectivity index (χ3n) is 4.72. The van der Waals surface area contributed by atoms with Crippen molar-refractivity contribution in [2.45, 2.75) is 23.9 Å². The van der Waals surface area contributed by atoms with Gasteiger partial charge in [-0.05, 0) is 29.7 Å². The van der Waals surface area contributed by atoms with Crippen LogP contribution in [0.15, 0.2) is 47.4 Å². The van der Waals surface area contributed by atoms with Crippen LogP contribution in [0.1, 0.15) is 11.1 Å². The molecule has 27 heavy (non-hydrogen) atoms. The number of ether oxygens (including phenoxy) is 2. The van der Waals surface area contributed by atoms with Gasteiger partial charge in [-0.1, -0.05) is 24.3 Å². The fraction of sp³-hybridized carbons (Fsp3) is 0.316. The minimum atomic E-state index is -3.93. The maximum atomic E-state index is 13.3. The second kappa shape index (κ2) is 7.58. The van der Waals surface area contributed by atoms with E-state index in [0.717, 1.165) is 11.1 Å². The van der Waals surface area contributed by atoms with Gasteiger partial charge in [0.15, 0.2) is 11.5 Å². The number of carbonyl (C=O) groups excluding carboxylic acids is 1. The molecule has 1 heterocycles. The Labute approximate surface area is 158 Å².